The molecule has 0 radical (unpaired) electrons. The highest BCUT2D eigenvalue weighted by Crippen LogP contribution is 2.53. The third-order valence-electron chi connectivity index (χ3n) is 5.79. The van der Waals surface area contributed by atoms with Crippen LogP contribution in [0.2, 0.25) is 0 Å². The van der Waals surface area contributed by atoms with Crippen LogP contribution in [0.5, 0.6) is 0 Å². The summed E-state index contributed by atoms with van der Waals surface area (Å²) in [7, 11) is 3.22. The summed E-state index contributed by atoms with van der Waals surface area (Å²) in [6.07, 6.45) is 2.49. The number of hydrogen-bond acceptors (Lipinski definition) is 2. The highest BCUT2D eigenvalue weighted by Gasteiger charge is 2.46. The molecule has 0 saturated heterocycles. The second kappa shape index (κ2) is 8.04. The molecule has 1 aliphatic carbocycles. The van der Waals surface area contributed by atoms with E-state index in [2.05, 4.69) is 111 Å². The fourth-order valence-corrected chi connectivity index (χ4v) is 6.09. The number of para-hydroxylation sites is 1. The lowest BCUT2D eigenvalue weighted by molar-refractivity contribution is 0.236. The minimum absolute atomic E-state index is 0.0808. The van der Waals surface area contributed by atoms with Gasteiger partial charge >= 0.3 is 0 Å². The van der Waals surface area contributed by atoms with Crippen molar-refractivity contribution in [2.24, 2.45) is 22.2 Å². The average Bonchev–Trinajstić information content (AvgIpc) is 2.57. The first-order valence-electron chi connectivity index (χ1n) is 10.3. The van der Waals surface area contributed by atoms with Crippen molar-refractivity contribution >= 4 is 24.9 Å². The molecule has 0 heterocycles. The van der Waals surface area contributed by atoms with Crippen LogP contribution in [-0.4, -0.2) is 13.1 Å². The Hall–Kier alpha value is -0.980. The van der Waals surface area contributed by atoms with Crippen LogP contribution in [0.15, 0.2) is 52.9 Å². The summed E-state index contributed by atoms with van der Waals surface area (Å²) < 4.78 is 0. The molecule has 0 amide bonds. The van der Waals surface area contributed by atoms with E-state index in [0.29, 0.717) is 12.0 Å². The van der Waals surface area contributed by atoms with Crippen LogP contribution in [0.3, 0.4) is 0 Å². The molecule has 0 spiro atoms. The van der Waals surface area contributed by atoms with Gasteiger partial charge in [0.15, 0.2) is 0 Å². The van der Waals surface area contributed by atoms with E-state index in [4.69, 9.17) is 11.8 Å². The van der Waals surface area contributed by atoms with Crippen LogP contribution in [0.4, 0.5) is 5.69 Å². The van der Waals surface area contributed by atoms with Gasteiger partial charge in [-0.3, -0.25) is 0 Å². The molecule has 2 unspecified atom stereocenters. The second-order valence-electron chi connectivity index (χ2n) is 11.2. The summed E-state index contributed by atoms with van der Waals surface area (Å²) in [6, 6.07) is 11.1. The van der Waals surface area contributed by atoms with Crippen LogP contribution in [0.1, 0.15) is 62.3 Å². The van der Waals surface area contributed by atoms with Gasteiger partial charge in [0.2, 0.25) is 0 Å². The molecule has 2 atom stereocenters. The molecule has 1 aromatic rings. The predicted octanol–water partition coefficient (Wildman–Crippen LogP) is 7.85. The van der Waals surface area contributed by atoms with E-state index in [-0.39, 0.29) is 16.2 Å². The van der Waals surface area contributed by atoms with E-state index >= 15 is 0 Å². The van der Waals surface area contributed by atoms with Gasteiger partial charge in [-0.2, -0.15) is 0 Å². The number of likely N-dealkylation sites (N-methyl/N-ethyl adjacent to an activating group) is 1. The third-order valence-corrected chi connectivity index (χ3v) is 7.10. The van der Waals surface area contributed by atoms with Crippen molar-refractivity contribution in [2.45, 2.75) is 68.4 Å². The molecule has 0 aliphatic heterocycles. The van der Waals surface area contributed by atoms with Crippen molar-refractivity contribution in [2.75, 3.05) is 11.9 Å². The number of hydrogen-bond donors (Lipinski definition) is 0. The summed E-state index contributed by atoms with van der Waals surface area (Å²) in [5.74, 6) is 0.366. The summed E-state index contributed by atoms with van der Waals surface area (Å²) >= 11 is 5.72. The van der Waals surface area contributed by atoms with Crippen molar-refractivity contribution in [3.8, 4) is 0 Å². The van der Waals surface area contributed by atoms with Crippen molar-refractivity contribution in [1.82, 2.24) is 0 Å². The minimum atomic E-state index is 0.0808. The molecule has 1 aromatic carbocycles. The molecule has 1 nitrogen and oxygen atoms in total. The molecular formula is C25H38NPS. The minimum Gasteiger partial charge on any atom is -0.367 e. The van der Waals surface area contributed by atoms with E-state index < -0.39 is 0 Å². The van der Waals surface area contributed by atoms with Crippen molar-refractivity contribution in [1.29, 1.82) is 0 Å². The monoisotopic (exact) mass is 415 g/mol. The van der Waals surface area contributed by atoms with Gasteiger partial charge in [-0.05, 0) is 39.5 Å². The van der Waals surface area contributed by atoms with Gasteiger partial charge in [-0.25, -0.2) is 0 Å². The van der Waals surface area contributed by atoms with Gasteiger partial charge in [-0.15, -0.1) is 0 Å². The zero-order chi connectivity index (χ0) is 21.5. The Morgan fingerprint density at radius 1 is 0.857 bits per heavy atom. The molecule has 0 bridgehead atoms. The Morgan fingerprint density at radius 3 is 1.79 bits per heavy atom. The van der Waals surface area contributed by atoms with Gasteiger partial charge in [0.05, 0.1) is 6.04 Å². The Balaban J connectivity index is 2.82. The molecule has 0 aromatic heterocycles. The van der Waals surface area contributed by atoms with E-state index in [0.717, 1.165) is 7.36 Å². The molecule has 0 N–H and O–H groups in total. The van der Waals surface area contributed by atoms with E-state index in [1.807, 2.05) is 0 Å². The lowest BCUT2D eigenvalue weighted by Crippen LogP contribution is -2.49. The molecule has 2 rings (SSSR count). The summed E-state index contributed by atoms with van der Waals surface area (Å²) in [6.45, 7) is 21.1. The number of benzene rings is 1. The Morgan fingerprint density at radius 2 is 1.39 bits per heavy atom. The zero-order valence-corrected chi connectivity index (χ0v) is 21.1. The third kappa shape index (κ3) is 4.77. The summed E-state index contributed by atoms with van der Waals surface area (Å²) in [4.78, 5) is 2.48. The van der Waals surface area contributed by atoms with E-state index in [1.165, 1.54) is 22.1 Å². The highest BCUT2D eigenvalue weighted by molar-refractivity contribution is 7.98. The van der Waals surface area contributed by atoms with Gasteiger partial charge in [0.1, 0.15) is 0 Å². The number of allylic oxidation sites excluding steroid dienone is 2. The maximum atomic E-state index is 5.72. The van der Waals surface area contributed by atoms with Crippen molar-refractivity contribution < 1.29 is 0 Å². The average molecular weight is 416 g/mol. The van der Waals surface area contributed by atoms with E-state index in [1.54, 1.807) is 0 Å². The van der Waals surface area contributed by atoms with Gasteiger partial charge in [0.25, 0.3) is 0 Å². The zero-order valence-electron chi connectivity index (χ0n) is 19.4. The molecule has 28 heavy (non-hydrogen) atoms. The predicted molar refractivity (Wildman–Crippen MR) is 130 cm³/mol. The molecule has 3 heteroatoms. The Bertz CT molecular complexity index is 769. The van der Waals surface area contributed by atoms with Crippen LogP contribution >= 0.6 is 7.36 Å². The Kier molecular flexibility index (Phi) is 6.69. The largest absolute Gasteiger partial charge is 0.367 e. The second-order valence-corrected chi connectivity index (χ2v) is 12.4. The fourth-order valence-electron chi connectivity index (χ4n) is 4.32. The molecule has 1 aliphatic rings. The van der Waals surface area contributed by atoms with Crippen LogP contribution in [-0.2, 0) is 11.8 Å². The normalized spacial score (nSPS) is 21.7. The first-order valence-corrected chi connectivity index (χ1v) is 12.2. The quantitative estimate of drug-likeness (QED) is 0.462. The summed E-state index contributed by atoms with van der Waals surface area (Å²) in [5, 5.41) is 1.43. The van der Waals surface area contributed by atoms with Gasteiger partial charge in [0, 0.05) is 31.3 Å². The van der Waals surface area contributed by atoms with Crippen molar-refractivity contribution in [3.05, 3.63) is 52.9 Å². The summed E-state index contributed by atoms with van der Waals surface area (Å²) in [5.41, 5.74) is 4.47. The standard InChI is InChI=1S/C25H38NPS/c1-23(2,3)18-16-19(24(4,5)6)22(27-28)20(25(7,8)9)21(18)26(10)17-14-12-11-13-15-17/h11-16,20-21H,1-10H3. The lowest BCUT2D eigenvalue weighted by Gasteiger charge is -2.50. The lowest BCUT2D eigenvalue weighted by atomic mass is 9.63. The first-order chi connectivity index (χ1) is 12.7. The smallest absolute Gasteiger partial charge is 0.0584 e. The topological polar surface area (TPSA) is 3.24 Å². The highest BCUT2D eigenvalue weighted by atomic mass is 32.4. The molecule has 154 valence electrons. The van der Waals surface area contributed by atoms with Gasteiger partial charge in [-0.1, -0.05) is 98.4 Å². The number of rotatable bonds is 3. The van der Waals surface area contributed by atoms with E-state index in [9.17, 15) is 0 Å². The number of nitrogens with zero attached hydrogens (tertiary/aromatic N) is 1. The maximum Gasteiger partial charge on any atom is 0.0584 e. The fraction of sp³-hybridized carbons (Fsp3) is 0.600. The molecule has 0 fully saturated rings. The SMILES string of the molecule is CN(c1ccccc1)C1C(C(C)(C)C)=CC(C(C)(C)C)=C(P=S)C1C(C)(C)C. The first kappa shape index (κ1) is 23.3. The van der Waals surface area contributed by atoms with Crippen LogP contribution in [0, 0.1) is 22.2 Å². The molecular weight excluding hydrogens is 377 g/mol. The van der Waals surface area contributed by atoms with Gasteiger partial charge < -0.3 is 4.90 Å². The Labute approximate surface area is 180 Å². The number of anilines is 1. The van der Waals surface area contributed by atoms with Crippen LogP contribution in [0.25, 0.3) is 0 Å². The van der Waals surface area contributed by atoms with Crippen LogP contribution < -0.4 is 4.90 Å². The maximum absolute atomic E-state index is 5.72. The van der Waals surface area contributed by atoms with Crippen molar-refractivity contribution in [3.63, 3.8) is 0 Å². The molecule has 0 saturated carbocycles.